The Labute approximate surface area is 77.2 Å². The summed E-state index contributed by atoms with van der Waals surface area (Å²) in [6.45, 7) is 5.95. The lowest BCUT2D eigenvalue weighted by atomic mass is 10.7. The molecule has 0 aliphatic rings. The van der Waals surface area contributed by atoms with E-state index in [2.05, 4.69) is 17.3 Å². The largest absolute Gasteiger partial charge is 0.375 e. The van der Waals surface area contributed by atoms with Crippen LogP contribution in [0.4, 0.5) is 0 Å². The van der Waals surface area contributed by atoms with Crippen LogP contribution in [0.3, 0.4) is 0 Å². The van der Waals surface area contributed by atoms with Crippen molar-refractivity contribution in [1.29, 1.82) is 0 Å². The monoisotopic (exact) mass is 226 g/mol. The van der Waals surface area contributed by atoms with Crippen molar-refractivity contribution in [3.8, 4) is 0 Å². The second-order valence-corrected chi connectivity index (χ2v) is 7.24. The van der Waals surface area contributed by atoms with E-state index in [0.717, 1.165) is 12.2 Å². The highest BCUT2D eigenvalue weighted by molar-refractivity contribution is 8.65. The zero-order valence-corrected chi connectivity index (χ0v) is 8.47. The predicted molar refractivity (Wildman–Crippen MR) is 49.1 cm³/mol. The second-order valence-electron chi connectivity index (χ2n) is 1.99. The maximum absolute atomic E-state index is 10.9. The van der Waals surface area contributed by atoms with E-state index in [4.69, 9.17) is 0 Å². The summed E-state index contributed by atoms with van der Waals surface area (Å²) >= 11 is 0. The molecule has 7 heteroatoms. The molecule has 13 heavy (non-hydrogen) atoms. The molecule has 0 aromatic heterocycles. The third-order valence-corrected chi connectivity index (χ3v) is 5.22. The van der Waals surface area contributed by atoms with Crippen molar-refractivity contribution in [3.05, 3.63) is 25.3 Å². The minimum atomic E-state index is -4.55. The Hall–Kier alpha value is -0.660. The number of hydrogen-bond donors (Lipinski definition) is 0. The van der Waals surface area contributed by atoms with E-state index in [9.17, 15) is 16.8 Å². The van der Waals surface area contributed by atoms with Crippen LogP contribution in [0.15, 0.2) is 25.3 Å². The second kappa shape index (κ2) is 4.54. The molecule has 0 aliphatic heterocycles. The minimum absolute atomic E-state index is 0.362. The number of rotatable bonds is 6. The Morgan fingerprint density at radius 3 is 2.00 bits per heavy atom. The SMILES string of the molecule is C=CCOS(=O)(=O)S(=O)(=O)CC=C. The van der Waals surface area contributed by atoms with E-state index in [0.29, 0.717) is 0 Å². The third kappa shape index (κ3) is 3.29. The van der Waals surface area contributed by atoms with Crippen LogP contribution in [-0.2, 0) is 22.2 Å². The van der Waals surface area contributed by atoms with Gasteiger partial charge in [0.05, 0.1) is 12.4 Å². The lowest BCUT2D eigenvalue weighted by Gasteiger charge is -2.01. The van der Waals surface area contributed by atoms with Gasteiger partial charge in [-0.05, 0) is 0 Å². The standard InChI is InChI=1S/C6H10O5S2/c1-3-5-11-13(9,10)12(7,8)6-4-2/h3-4H,1-2,5-6H2. The zero-order chi connectivity index (χ0) is 10.5. The van der Waals surface area contributed by atoms with Crippen molar-refractivity contribution >= 4 is 18.0 Å². The summed E-state index contributed by atoms with van der Waals surface area (Å²) in [6, 6.07) is 0. The molecule has 76 valence electrons. The lowest BCUT2D eigenvalue weighted by Crippen LogP contribution is -2.20. The van der Waals surface area contributed by atoms with E-state index in [-0.39, 0.29) is 6.61 Å². The van der Waals surface area contributed by atoms with Gasteiger partial charge in [0.1, 0.15) is 0 Å². The van der Waals surface area contributed by atoms with E-state index in [1.165, 1.54) is 0 Å². The Morgan fingerprint density at radius 1 is 1.08 bits per heavy atom. The fourth-order valence-corrected chi connectivity index (χ4v) is 2.69. The molecule has 0 amide bonds. The molecule has 0 aromatic rings. The molecular weight excluding hydrogens is 216 g/mol. The van der Waals surface area contributed by atoms with Crippen LogP contribution in [-0.4, -0.2) is 29.2 Å². The summed E-state index contributed by atoms with van der Waals surface area (Å²) in [5.74, 6) is -0.660. The molecule has 0 saturated carbocycles. The van der Waals surface area contributed by atoms with E-state index in [1.807, 2.05) is 0 Å². The van der Waals surface area contributed by atoms with Crippen LogP contribution in [0.25, 0.3) is 0 Å². The van der Waals surface area contributed by atoms with Crippen LogP contribution in [0.5, 0.6) is 0 Å². The summed E-state index contributed by atoms with van der Waals surface area (Å²) in [5, 5.41) is 0. The van der Waals surface area contributed by atoms with Gasteiger partial charge in [-0.2, -0.15) is 8.42 Å². The average molecular weight is 226 g/mol. The summed E-state index contributed by atoms with van der Waals surface area (Å²) in [7, 11) is -8.85. The maximum atomic E-state index is 10.9. The van der Waals surface area contributed by atoms with Crippen molar-refractivity contribution in [2.24, 2.45) is 0 Å². The van der Waals surface area contributed by atoms with Crippen LogP contribution in [0, 0.1) is 0 Å². The Balaban J connectivity index is 4.83. The molecule has 0 heterocycles. The lowest BCUT2D eigenvalue weighted by molar-refractivity contribution is 0.367. The fraction of sp³-hybridized carbons (Fsp3) is 0.333. The van der Waals surface area contributed by atoms with Crippen LogP contribution < -0.4 is 0 Å². The molecule has 0 bridgehead atoms. The molecule has 0 spiro atoms. The van der Waals surface area contributed by atoms with Gasteiger partial charge in [0.15, 0.2) is 0 Å². The summed E-state index contributed by atoms with van der Waals surface area (Å²) < 4.78 is 47.8. The van der Waals surface area contributed by atoms with Crippen LogP contribution >= 0.6 is 0 Å². The fourth-order valence-electron chi connectivity index (χ4n) is 0.432. The van der Waals surface area contributed by atoms with Crippen molar-refractivity contribution < 1.29 is 21.0 Å². The molecule has 0 rings (SSSR count). The predicted octanol–water partition coefficient (Wildman–Crippen LogP) is 0.0346. The van der Waals surface area contributed by atoms with Crippen molar-refractivity contribution in [2.45, 2.75) is 0 Å². The summed E-state index contributed by atoms with van der Waals surface area (Å²) in [4.78, 5) is 0. The van der Waals surface area contributed by atoms with E-state index < -0.39 is 23.8 Å². The van der Waals surface area contributed by atoms with Gasteiger partial charge in [-0.25, -0.2) is 8.42 Å². The minimum Gasteiger partial charge on any atom is -0.254 e. The van der Waals surface area contributed by atoms with Crippen molar-refractivity contribution in [2.75, 3.05) is 12.4 Å². The first-order chi connectivity index (χ1) is 5.87. The first kappa shape index (κ1) is 12.3. The summed E-state index contributed by atoms with van der Waals surface area (Å²) in [5.41, 5.74) is 0. The third-order valence-electron chi connectivity index (χ3n) is 0.963. The van der Waals surface area contributed by atoms with Gasteiger partial charge in [-0.15, -0.1) is 13.2 Å². The van der Waals surface area contributed by atoms with Crippen LogP contribution in [0.2, 0.25) is 0 Å². The molecule has 0 atom stereocenters. The summed E-state index contributed by atoms with van der Waals surface area (Å²) in [6.07, 6.45) is 2.12. The average Bonchev–Trinajstić information content (AvgIpc) is 2.00. The molecular formula is C6H10O5S2. The van der Waals surface area contributed by atoms with Crippen molar-refractivity contribution in [3.63, 3.8) is 0 Å². The van der Waals surface area contributed by atoms with E-state index >= 15 is 0 Å². The van der Waals surface area contributed by atoms with Gasteiger partial charge in [0.2, 0.25) is 0 Å². The molecule has 0 saturated heterocycles. The first-order valence-electron chi connectivity index (χ1n) is 3.21. The Kier molecular flexibility index (Phi) is 4.31. The molecule has 0 radical (unpaired) electrons. The van der Waals surface area contributed by atoms with Gasteiger partial charge in [0.25, 0.3) is 8.87 Å². The van der Waals surface area contributed by atoms with Gasteiger partial charge >= 0.3 is 9.15 Å². The molecule has 0 unspecified atom stereocenters. The van der Waals surface area contributed by atoms with Gasteiger partial charge in [-0.1, -0.05) is 12.2 Å². The van der Waals surface area contributed by atoms with Gasteiger partial charge in [0, 0.05) is 0 Å². The highest BCUT2D eigenvalue weighted by Crippen LogP contribution is 2.06. The smallest absolute Gasteiger partial charge is 0.254 e. The van der Waals surface area contributed by atoms with Crippen LogP contribution in [0.1, 0.15) is 0 Å². The van der Waals surface area contributed by atoms with Gasteiger partial charge < -0.3 is 0 Å². The maximum Gasteiger partial charge on any atom is 0.375 e. The molecule has 0 fully saturated rings. The number of hydrogen-bond acceptors (Lipinski definition) is 5. The normalized spacial score (nSPS) is 12.3. The van der Waals surface area contributed by atoms with E-state index in [1.54, 1.807) is 0 Å². The molecule has 5 nitrogen and oxygen atoms in total. The Morgan fingerprint density at radius 2 is 1.62 bits per heavy atom. The molecule has 0 aliphatic carbocycles. The molecule has 0 N–H and O–H groups in total. The quantitative estimate of drug-likeness (QED) is 0.472. The highest BCUT2D eigenvalue weighted by atomic mass is 33.2. The topological polar surface area (TPSA) is 77.5 Å². The van der Waals surface area contributed by atoms with Crippen molar-refractivity contribution in [1.82, 2.24) is 0 Å². The first-order valence-corrected chi connectivity index (χ1v) is 6.79. The highest BCUT2D eigenvalue weighted by Gasteiger charge is 2.28. The van der Waals surface area contributed by atoms with Gasteiger partial charge in [-0.3, -0.25) is 4.18 Å². The Bertz CT molecular complexity index is 375. The zero-order valence-electron chi connectivity index (χ0n) is 6.84. The molecule has 0 aromatic carbocycles.